The molecular weight excluding hydrogens is 248 g/mol. The van der Waals surface area contributed by atoms with Crippen molar-refractivity contribution in [2.45, 2.75) is 19.1 Å². The van der Waals surface area contributed by atoms with Crippen molar-refractivity contribution >= 4 is 5.97 Å². The quantitative estimate of drug-likeness (QED) is 0.763. The summed E-state index contributed by atoms with van der Waals surface area (Å²) in [6.45, 7) is -2.99. The van der Waals surface area contributed by atoms with Gasteiger partial charge < -0.3 is 25.1 Å². The number of rotatable bonds is 6. The van der Waals surface area contributed by atoms with Gasteiger partial charge in [-0.15, -0.1) is 0 Å². The molecular formula is C11H13F2NO4. The van der Waals surface area contributed by atoms with Crippen molar-refractivity contribution < 1.29 is 33.9 Å². The van der Waals surface area contributed by atoms with Gasteiger partial charge in [0.1, 0.15) is 6.04 Å². The van der Waals surface area contributed by atoms with Crippen molar-refractivity contribution in [3.8, 4) is 11.5 Å². The first-order valence-corrected chi connectivity index (χ1v) is 5.09. The molecule has 18 heavy (non-hydrogen) atoms. The van der Waals surface area contributed by atoms with Crippen LogP contribution in [0.3, 0.4) is 0 Å². The van der Waals surface area contributed by atoms with E-state index in [9.17, 15) is 18.7 Å². The van der Waals surface area contributed by atoms with Crippen LogP contribution in [0.4, 0.5) is 8.78 Å². The number of hydrogen-bond donors (Lipinski definition) is 1. The first-order chi connectivity index (χ1) is 8.43. The summed E-state index contributed by atoms with van der Waals surface area (Å²) in [5, 5.41) is 10.4. The van der Waals surface area contributed by atoms with Crippen LogP contribution in [0.2, 0.25) is 0 Å². The van der Waals surface area contributed by atoms with Gasteiger partial charge in [-0.2, -0.15) is 8.78 Å². The Balaban J connectivity index is 2.97. The Bertz CT molecular complexity index is 426. The number of methoxy groups -OCH3 is 1. The zero-order valence-electron chi connectivity index (χ0n) is 9.69. The molecule has 5 nitrogen and oxygen atoms in total. The third kappa shape index (κ3) is 3.85. The minimum atomic E-state index is -2.99. The second-order valence-electron chi connectivity index (χ2n) is 3.56. The Labute approximate surface area is 102 Å². The summed E-state index contributed by atoms with van der Waals surface area (Å²) in [7, 11) is 1.32. The Morgan fingerprint density at radius 2 is 2.11 bits per heavy atom. The third-order valence-electron chi connectivity index (χ3n) is 2.29. The molecule has 0 radical (unpaired) electrons. The first-order valence-electron chi connectivity index (χ1n) is 5.09. The molecule has 1 aromatic rings. The highest BCUT2D eigenvalue weighted by Gasteiger charge is 2.16. The minimum absolute atomic E-state index is 0.139. The Morgan fingerprint density at radius 1 is 1.44 bits per heavy atom. The average molecular weight is 261 g/mol. The number of ether oxygens (including phenoxy) is 2. The van der Waals surface area contributed by atoms with Crippen LogP contribution in [0.5, 0.6) is 11.5 Å². The maximum atomic E-state index is 12.2. The van der Waals surface area contributed by atoms with E-state index in [0.29, 0.717) is 5.56 Å². The lowest BCUT2D eigenvalue weighted by Gasteiger charge is -2.14. The summed E-state index contributed by atoms with van der Waals surface area (Å²) in [5.41, 5.74) is 4.07. The molecule has 0 aromatic heterocycles. The van der Waals surface area contributed by atoms with E-state index in [-0.39, 0.29) is 17.9 Å². The monoisotopic (exact) mass is 261 g/mol. The highest BCUT2D eigenvalue weighted by molar-refractivity contribution is 5.65. The van der Waals surface area contributed by atoms with Crippen molar-refractivity contribution in [2.24, 2.45) is 0 Å². The summed E-state index contributed by atoms with van der Waals surface area (Å²) < 4.78 is 33.5. The summed E-state index contributed by atoms with van der Waals surface area (Å²) in [5.74, 6) is -1.28. The maximum Gasteiger partial charge on any atom is 0.387 e. The van der Waals surface area contributed by atoms with E-state index in [1.807, 2.05) is 0 Å². The Morgan fingerprint density at radius 3 is 2.61 bits per heavy atom. The van der Waals surface area contributed by atoms with E-state index < -0.39 is 18.6 Å². The van der Waals surface area contributed by atoms with Gasteiger partial charge in [-0.3, -0.25) is 0 Å². The van der Waals surface area contributed by atoms with Gasteiger partial charge in [0.25, 0.3) is 0 Å². The second-order valence-corrected chi connectivity index (χ2v) is 3.56. The summed E-state index contributed by atoms with van der Waals surface area (Å²) in [4.78, 5) is 10.4. The number of carbonyl (C=O) groups is 1. The molecule has 0 saturated carbocycles. The fraction of sp³-hybridized carbons (Fsp3) is 0.364. The number of alkyl halides is 2. The predicted octanol–water partition coefficient (Wildman–Crippen LogP) is -0.280. The van der Waals surface area contributed by atoms with Crippen LogP contribution in [0.25, 0.3) is 0 Å². The van der Waals surface area contributed by atoms with Crippen molar-refractivity contribution in [1.82, 2.24) is 0 Å². The number of carboxylic acids is 1. The maximum absolute atomic E-state index is 12.2. The largest absolute Gasteiger partial charge is 0.550 e. The molecule has 0 unspecified atom stereocenters. The first kappa shape index (κ1) is 14.2. The molecule has 1 atom stereocenters. The van der Waals surface area contributed by atoms with Crippen LogP contribution in [0.1, 0.15) is 18.0 Å². The number of carboxylic acid groups (broad SMARTS) is 1. The molecule has 0 fully saturated rings. The van der Waals surface area contributed by atoms with Crippen LogP contribution < -0.4 is 20.3 Å². The molecule has 0 aliphatic carbocycles. The standard InChI is InChI=1S/C11H13F2NO4/c1-17-8-3-2-6(7(14)5-10(15)16)4-9(8)18-11(12)13/h2-4,7,11H,5,14H2,1H3,(H,15,16)/t7-/m1/s1. The van der Waals surface area contributed by atoms with Gasteiger partial charge in [-0.05, 0) is 18.2 Å². The molecule has 0 saturated heterocycles. The van der Waals surface area contributed by atoms with E-state index in [1.54, 1.807) is 0 Å². The molecule has 0 aliphatic heterocycles. The molecule has 0 aliphatic rings. The Hall–Kier alpha value is -1.89. The van der Waals surface area contributed by atoms with E-state index in [4.69, 9.17) is 4.74 Å². The predicted molar refractivity (Wildman–Crippen MR) is 54.9 cm³/mol. The van der Waals surface area contributed by atoms with Crippen molar-refractivity contribution in [2.75, 3.05) is 7.11 Å². The number of aliphatic carboxylic acids is 1. The van der Waals surface area contributed by atoms with Crippen molar-refractivity contribution in [3.63, 3.8) is 0 Å². The third-order valence-corrected chi connectivity index (χ3v) is 2.29. The fourth-order valence-corrected chi connectivity index (χ4v) is 1.45. The van der Waals surface area contributed by atoms with Gasteiger partial charge in [-0.25, -0.2) is 0 Å². The molecule has 7 heteroatoms. The van der Waals surface area contributed by atoms with Gasteiger partial charge in [-0.1, -0.05) is 0 Å². The summed E-state index contributed by atoms with van der Waals surface area (Å²) >= 11 is 0. The molecule has 0 bridgehead atoms. The van der Waals surface area contributed by atoms with Crippen LogP contribution >= 0.6 is 0 Å². The number of carbonyl (C=O) groups excluding carboxylic acids is 1. The molecule has 0 heterocycles. The zero-order chi connectivity index (χ0) is 13.7. The zero-order valence-corrected chi connectivity index (χ0v) is 9.69. The molecule has 0 amide bonds. The van der Waals surface area contributed by atoms with E-state index in [1.165, 1.54) is 25.3 Å². The molecule has 3 N–H and O–H groups in total. The highest BCUT2D eigenvalue weighted by Crippen LogP contribution is 2.31. The lowest BCUT2D eigenvalue weighted by Crippen LogP contribution is -2.55. The SMILES string of the molecule is COc1ccc([C@H]([NH3+])CC(=O)[O-])cc1OC(F)F. The average Bonchev–Trinajstić information content (AvgIpc) is 2.27. The summed E-state index contributed by atoms with van der Waals surface area (Å²) in [6.07, 6.45) is -0.305. The lowest BCUT2D eigenvalue weighted by molar-refractivity contribution is -0.430. The smallest absolute Gasteiger partial charge is 0.387 e. The van der Waals surface area contributed by atoms with Crippen LogP contribution in [0.15, 0.2) is 18.2 Å². The fourth-order valence-electron chi connectivity index (χ4n) is 1.45. The van der Waals surface area contributed by atoms with Crippen LogP contribution in [-0.2, 0) is 4.79 Å². The van der Waals surface area contributed by atoms with Gasteiger partial charge in [0.05, 0.1) is 7.11 Å². The number of halogens is 2. The van der Waals surface area contributed by atoms with Gasteiger partial charge in [0.2, 0.25) is 0 Å². The number of quaternary nitrogens is 1. The molecule has 1 rings (SSSR count). The summed E-state index contributed by atoms with van der Waals surface area (Å²) in [6, 6.07) is 3.63. The lowest BCUT2D eigenvalue weighted by atomic mass is 10.0. The minimum Gasteiger partial charge on any atom is -0.550 e. The van der Waals surface area contributed by atoms with Gasteiger partial charge in [0.15, 0.2) is 11.5 Å². The van der Waals surface area contributed by atoms with Gasteiger partial charge in [0, 0.05) is 18.0 Å². The van der Waals surface area contributed by atoms with Crippen LogP contribution in [0, 0.1) is 0 Å². The molecule has 0 spiro atoms. The van der Waals surface area contributed by atoms with Crippen molar-refractivity contribution in [3.05, 3.63) is 23.8 Å². The second kappa shape index (κ2) is 6.15. The van der Waals surface area contributed by atoms with E-state index in [2.05, 4.69) is 10.5 Å². The number of hydrogen-bond acceptors (Lipinski definition) is 4. The molecule has 100 valence electrons. The Kier molecular flexibility index (Phi) is 4.85. The van der Waals surface area contributed by atoms with E-state index in [0.717, 1.165) is 0 Å². The van der Waals surface area contributed by atoms with Crippen LogP contribution in [-0.4, -0.2) is 19.7 Å². The van der Waals surface area contributed by atoms with E-state index >= 15 is 0 Å². The highest BCUT2D eigenvalue weighted by atomic mass is 19.3. The van der Waals surface area contributed by atoms with Gasteiger partial charge >= 0.3 is 6.61 Å². The van der Waals surface area contributed by atoms with Crippen molar-refractivity contribution in [1.29, 1.82) is 0 Å². The number of benzene rings is 1. The normalized spacial score (nSPS) is 12.3. The topological polar surface area (TPSA) is 86.2 Å². The molecule has 1 aromatic carbocycles.